The average Bonchev–Trinajstić information content (AvgIpc) is 3.46. The van der Waals surface area contributed by atoms with Crippen molar-refractivity contribution in [3.8, 4) is 106 Å². The molecule has 0 bridgehead atoms. The van der Waals surface area contributed by atoms with E-state index in [0.717, 1.165) is 33.4 Å². The van der Waals surface area contributed by atoms with Gasteiger partial charge in [-0.15, -0.1) is 0 Å². The Hall–Kier alpha value is -11.0. The van der Waals surface area contributed by atoms with Gasteiger partial charge in [-0.05, 0) is 109 Å². The molecule has 3 heteroatoms. The van der Waals surface area contributed by atoms with Crippen molar-refractivity contribution in [3.05, 3.63) is 322 Å². The quantitative estimate of drug-likeness (QED) is 0.155. The maximum atomic E-state index is 6.91. The van der Waals surface area contributed by atoms with Crippen molar-refractivity contribution in [2.24, 2.45) is 0 Å². The van der Waals surface area contributed by atoms with E-state index in [9.17, 15) is 0 Å². The summed E-state index contributed by atoms with van der Waals surface area (Å²) >= 11 is 0. The van der Waals surface area contributed by atoms with Gasteiger partial charge in [-0.1, -0.05) is 198 Å². The van der Waals surface area contributed by atoms with Crippen LogP contribution in [0.5, 0.6) is 34.5 Å². The maximum absolute atomic E-state index is 6.91. The van der Waals surface area contributed by atoms with E-state index in [1.807, 2.05) is 255 Å². The molecule has 0 aliphatic rings. The number of benzene rings is 10. The smallest absolute Gasteiger partial charge is 0.144 e. The van der Waals surface area contributed by atoms with Crippen molar-refractivity contribution in [2.75, 3.05) is 0 Å². The molecule has 75 heavy (non-hydrogen) atoms. The van der Waals surface area contributed by atoms with Crippen LogP contribution in [0.2, 0.25) is 0 Å². The highest BCUT2D eigenvalue weighted by atomic mass is 16.5. The molecule has 10 aromatic rings. The van der Waals surface area contributed by atoms with Crippen molar-refractivity contribution < 1.29 is 14.2 Å². The lowest BCUT2D eigenvalue weighted by Gasteiger charge is -2.16. The van der Waals surface area contributed by atoms with Crippen LogP contribution in [0.25, 0.3) is 0 Å². The largest absolute Gasteiger partial charge is 0.456 e. The average molecular weight is 955 g/mol. The van der Waals surface area contributed by atoms with E-state index in [0.29, 0.717) is 67.9 Å². The first-order chi connectivity index (χ1) is 37.1. The van der Waals surface area contributed by atoms with Crippen LogP contribution in [0.15, 0.2) is 255 Å². The van der Waals surface area contributed by atoms with Crippen LogP contribution in [0, 0.1) is 71.0 Å². The van der Waals surface area contributed by atoms with Crippen molar-refractivity contribution in [1.82, 2.24) is 0 Å². The Morgan fingerprint density at radius 2 is 0.400 bits per heavy atom. The van der Waals surface area contributed by atoms with Crippen LogP contribution < -0.4 is 14.2 Å². The summed E-state index contributed by atoms with van der Waals surface area (Å²) in [5.41, 5.74) is 9.14. The van der Waals surface area contributed by atoms with Crippen LogP contribution in [-0.4, -0.2) is 0 Å². The molecule has 348 valence electrons. The van der Waals surface area contributed by atoms with Gasteiger partial charge in [0.05, 0.1) is 16.7 Å². The normalized spacial score (nSPS) is 9.76. The summed E-state index contributed by atoms with van der Waals surface area (Å²) in [7, 11) is 0. The van der Waals surface area contributed by atoms with Gasteiger partial charge in [-0.3, -0.25) is 0 Å². The van der Waals surface area contributed by atoms with Gasteiger partial charge in [0.25, 0.3) is 0 Å². The van der Waals surface area contributed by atoms with Crippen LogP contribution in [-0.2, 0) is 0 Å². The fraction of sp³-hybridized carbons (Fsp3) is 0. The molecule has 0 saturated heterocycles. The highest BCUT2D eigenvalue weighted by Crippen LogP contribution is 2.39. The zero-order valence-corrected chi connectivity index (χ0v) is 40.5. The molecule has 0 aliphatic heterocycles. The standard InChI is InChI=1S/C72H42O3/c1-7-22-55(23-8-1)40-46-61-34-19-37-70(67(61)49-43-58-28-13-4-14-29-58)73-64-52-65(74-71-38-20-35-62(47-41-56-24-9-2-10-25-56)68(71)50-44-59-30-15-5-16-31-59)54-66(53-64)75-72-39-21-36-63(48-42-57-26-11-3-12-27-57)69(72)51-45-60-32-17-6-18-33-60/h1-39,52-54H. The van der Waals surface area contributed by atoms with E-state index in [1.54, 1.807) is 0 Å². The minimum atomic E-state index is 0.410. The van der Waals surface area contributed by atoms with E-state index >= 15 is 0 Å². The Labute approximate surface area is 439 Å². The third-order valence-electron chi connectivity index (χ3n) is 11.3. The maximum Gasteiger partial charge on any atom is 0.144 e. The Bertz CT molecular complexity index is 3590. The van der Waals surface area contributed by atoms with Gasteiger partial charge in [-0.2, -0.15) is 0 Å². The molecule has 0 saturated carbocycles. The third-order valence-corrected chi connectivity index (χ3v) is 11.3. The highest BCUT2D eigenvalue weighted by molar-refractivity contribution is 5.65. The Kier molecular flexibility index (Phi) is 15.4. The monoisotopic (exact) mass is 954 g/mol. The topological polar surface area (TPSA) is 27.7 Å². The summed E-state index contributed by atoms with van der Waals surface area (Å²) in [5, 5.41) is 0. The van der Waals surface area contributed by atoms with Gasteiger partial charge in [0.2, 0.25) is 0 Å². The fourth-order valence-corrected chi connectivity index (χ4v) is 7.60. The first kappa shape index (κ1) is 47.6. The first-order valence-electron chi connectivity index (χ1n) is 24.2. The molecule has 0 amide bonds. The van der Waals surface area contributed by atoms with Gasteiger partial charge >= 0.3 is 0 Å². The molecule has 10 rings (SSSR count). The predicted octanol–water partition coefficient (Wildman–Crippen LogP) is 15.5. The van der Waals surface area contributed by atoms with Crippen molar-refractivity contribution in [1.29, 1.82) is 0 Å². The molecule has 0 aliphatic carbocycles. The van der Waals surface area contributed by atoms with Gasteiger partial charge in [-0.25, -0.2) is 0 Å². The minimum Gasteiger partial charge on any atom is -0.456 e. The predicted molar refractivity (Wildman–Crippen MR) is 301 cm³/mol. The molecular formula is C72H42O3. The zero-order chi connectivity index (χ0) is 50.7. The second kappa shape index (κ2) is 24.2. The minimum absolute atomic E-state index is 0.410. The molecule has 0 atom stereocenters. The zero-order valence-electron chi connectivity index (χ0n) is 40.5. The molecule has 0 unspecified atom stereocenters. The van der Waals surface area contributed by atoms with Gasteiger partial charge < -0.3 is 14.2 Å². The lowest BCUT2D eigenvalue weighted by molar-refractivity contribution is 0.438. The van der Waals surface area contributed by atoms with Gasteiger partial charge in [0.15, 0.2) is 0 Å². The number of rotatable bonds is 6. The molecule has 0 fully saturated rings. The highest BCUT2D eigenvalue weighted by Gasteiger charge is 2.16. The molecule has 10 aromatic carbocycles. The lowest BCUT2D eigenvalue weighted by atomic mass is 10.1. The summed E-state index contributed by atoms with van der Waals surface area (Å²) in [6.45, 7) is 0. The van der Waals surface area contributed by atoms with Crippen molar-refractivity contribution in [2.45, 2.75) is 0 Å². The molecular weight excluding hydrogens is 913 g/mol. The summed E-state index contributed by atoms with van der Waals surface area (Å²) in [6.07, 6.45) is 0. The molecule has 0 spiro atoms. The molecule has 0 radical (unpaired) electrons. The number of ether oxygens (including phenoxy) is 3. The van der Waals surface area contributed by atoms with Crippen molar-refractivity contribution >= 4 is 0 Å². The van der Waals surface area contributed by atoms with Gasteiger partial charge in [0.1, 0.15) is 34.5 Å². The second-order valence-electron chi connectivity index (χ2n) is 16.7. The van der Waals surface area contributed by atoms with E-state index in [1.165, 1.54) is 0 Å². The molecule has 0 N–H and O–H groups in total. The van der Waals surface area contributed by atoms with Gasteiger partial charge in [0, 0.05) is 68.3 Å². The van der Waals surface area contributed by atoms with Crippen LogP contribution in [0.3, 0.4) is 0 Å². The third kappa shape index (κ3) is 13.2. The van der Waals surface area contributed by atoms with E-state index in [4.69, 9.17) is 14.2 Å². The SMILES string of the molecule is C(#Cc1cccc(Oc2cc(Oc3cccc(C#Cc4ccccc4)c3C#Cc3ccccc3)cc(Oc3cccc(C#Cc4ccccc4)c3C#Cc3ccccc3)c2)c1C#Cc1ccccc1)c1ccccc1. The summed E-state index contributed by atoms with van der Waals surface area (Å²) < 4.78 is 20.7. The summed E-state index contributed by atoms with van der Waals surface area (Å²) in [5.74, 6) is 42.9. The van der Waals surface area contributed by atoms with Crippen LogP contribution in [0.4, 0.5) is 0 Å². The summed E-state index contributed by atoms with van der Waals surface area (Å²) in [6, 6.07) is 81.7. The number of hydrogen-bond acceptors (Lipinski definition) is 3. The number of hydrogen-bond donors (Lipinski definition) is 0. The van der Waals surface area contributed by atoms with Crippen molar-refractivity contribution in [3.63, 3.8) is 0 Å². The molecule has 0 heterocycles. The lowest BCUT2D eigenvalue weighted by Crippen LogP contribution is -1.97. The van der Waals surface area contributed by atoms with Crippen LogP contribution in [0.1, 0.15) is 66.8 Å². The Morgan fingerprint density at radius 3 is 0.627 bits per heavy atom. The Morgan fingerprint density at radius 1 is 0.187 bits per heavy atom. The Balaban J connectivity index is 1.11. The summed E-state index contributed by atoms with van der Waals surface area (Å²) in [4.78, 5) is 0. The van der Waals surface area contributed by atoms with E-state index in [2.05, 4.69) is 71.0 Å². The second-order valence-corrected chi connectivity index (χ2v) is 16.7. The first-order valence-corrected chi connectivity index (χ1v) is 24.2. The van der Waals surface area contributed by atoms with E-state index < -0.39 is 0 Å². The fourth-order valence-electron chi connectivity index (χ4n) is 7.60. The molecule has 0 aromatic heterocycles. The van der Waals surface area contributed by atoms with Crippen LogP contribution >= 0.6 is 0 Å². The molecule has 3 nitrogen and oxygen atoms in total. The van der Waals surface area contributed by atoms with E-state index in [-0.39, 0.29) is 0 Å².